The number of halogens is 1. The third kappa shape index (κ3) is 3.88. The summed E-state index contributed by atoms with van der Waals surface area (Å²) in [6.07, 6.45) is 5.13. The van der Waals surface area contributed by atoms with Gasteiger partial charge < -0.3 is 24.6 Å². The number of amides is 1. The minimum absolute atomic E-state index is 0. The van der Waals surface area contributed by atoms with Crippen molar-refractivity contribution in [3.63, 3.8) is 0 Å². The monoisotopic (exact) mass is 496 g/mol. The van der Waals surface area contributed by atoms with E-state index in [0.717, 1.165) is 24.0 Å². The van der Waals surface area contributed by atoms with Gasteiger partial charge in [0.15, 0.2) is 11.2 Å². The molecule has 1 amide bonds. The van der Waals surface area contributed by atoms with Crippen LogP contribution in [0.3, 0.4) is 0 Å². The lowest BCUT2D eigenvalue weighted by Gasteiger charge is -2.51. The van der Waals surface area contributed by atoms with Crippen LogP contribution < -0.4 is 16.6 Å². The van der Waals surface area contributed by atoms with Crippen molar-refractivity contribution in [3.8, 4) is 0 Å². The summed E-state index contributed by atoms with van der Waals surface area (Å²) in [4.78, 5) is 44.1. The summed E-state index contributed by atoms with van der Waals surface area (Å²) in [5, 5.41) is 14.8. The fourth-order valence-electron chi connectivity index (χ4n) is 5.81. The number of rotatable bonds is 2. The fraction of sp³-hybridized carbons (Fsp3) is 0.727. The molecule has 0 bridgehead atoms. The highest BCUT2D eigenvalue weighted by Crippen LogP contribution is 2.44. The molecule has 3 aliphatic heterocycles. The van der Waals surface area contributed by atoms with Crippen molar-refractivity contribution in [2.24, 2.45) is 14.1 Å². The Bertz CT molecular complexity index is 1200. The molecule has 11 nitrogen and oxygen atoms in total. The molecule has 1 spiro atoms. The van der Waals surface area contributed by atoms with Crippen LogP contribution in [0.25, 0.3) is 11.2 Å². The zero-order valence-electron chi connectivity index (χ0n) is 19.8. The van der Waals surface area contributed by atoms with Gasteiger partial charge in [0, 0.05) is 33.6 Å². The first-order chi connectivity index (χ1) is 15.6. The smallest absolute Gasteiger partial charge is 0.332 e. The van der Waals surface area contributed by atoms with Crippen LogP contribution >= 0.6 is 12.4 Å². The molecule has 3 atom stereocenters. The Balaban J connectivity index is 0.00000274. The van der Waals surface area contributed by atoms with E-state index < -0.39 is 28.5 Å². The number of imidazole rings is 1. The third-order valence-corrected chi connectivity index (χ3v) is 7.80. The second-order valence-corrected chi connectivity index (χ2v) is 10.0. The minimum atomic E-state index is -1.16. The summed E-state index contributed by atoms with van der Waals surface area (Å²) in [6.45, 7) is 4.08. The Morgan fingerprint density at radius 3 is 2.56 bits per heavy atom. The first-order valence-corrected chi connectivity index (χ1v) is 11.6. The average Bonchev–Trinajstić information content (AvgIpc) is 3.46. The lowest BCUT2D eigenvalue weighted by Crippen LogP contribution is -2.59. The lowest BCUT2D eigenvalue weighted by atomic mass is 9.75. The van der Waals surface area contributed by atoms with Gasteiger partial charge in [-0.05, 0) is 39.2 Å². The summed E-state index contributed by atoms with van der Waals surface area (Å²) in [5.74, 6) is 0.161. The van der Waals surface area contributed by atoms with Gasteiger partial charge in [-0.1, -0.05) is 0 Å². The van der Waals surface area contributed by atoms with Gasteiger partial charge in [-0.15, -0.1) is 12.4 Å². The molecule has 3 saturated heterocycles. The molecule has 34 heavy (non-hydrogen) atoms. The van der Waals surface area contributed by atoms with Crippen molar-refractivity contribution < 1.29 is 14.6 Å². The molecular formula is C22H33ClN6O5. The van der Waals surface area contributed by atoms with Crippen molar-refractivity contribution >= 4 is 29.5 Å². The highest BCUT2D eigenvalue weighted by molar-refractivity contribution is 5.85. The van der Waals surface area contributed by atoms with Gasteiger partial charge >= 0.3 is 5.69 Å². The molecule has 12 heteroatoms. The van der Waals surface area contributed by atoms with E-state index in [4.69, 9.17) is 4.74 Å². The first-order valence-electron chi connectivity index (χ1n) is 11.6. The molecule has 2 aromatic heterocycles. The summed E-state index contributed by atoms with van der Waals surface area (Å²) in [5.41, 5.74) is -2.01. The Kier molecular flexibility index (Phi) is 6.43. The van der Waals surface area contributed by atoms with Gasteiger partial charge in [0.25, 0.3) is 5.56 Å². The number of carbonyl (C=O) groups is 1. The first kappa shape index (κ1) is 24.9. The minimum Gasteiger partial charge on any atom is -0.388 e. The van der Waals surface area contributed by atoms with Gasteiger partial charge in [0.05, 0.1) is 36.2 Å². The number of nitrogens with one attached hydrogen (secondary N) is 1. The quantitative estimate of drug-likeness (QED) is 0.584. The number of likely N-dealkylation sites (tertiary alicyclic amines) is 1. The Labute approximate surface area is 203 Å². The molecular weight excluding hydrogens is 464 g/mol. The topological polar surface area (TPSA) is 124 Å². The number of hydrogen-bond donors (Lipinski definition) is 2. The van der Waals surface area contributed by atoms with Crippen LogP contribution in [-0.4, -0.2) is 78.1 Å². The molecule has 0 aliphatic carbocycles. The highest BCUT2D eigenvalue weighted by Gasteiger charge is 2.50. The standard InChI is InChI=1S/C22H32N6O5.ClH/c1-21(32)12-22(6-9-27(10-7-22)18(29)14-5-4-8-23-14)33-11-15(21)28-13-24-17-16(28)19(30)26(3)20(31)25(17)2;/h13-15,23,32H,4-12H2,1-3H3;1H/t14-,15+,21+;/m0./s1. The molecule has 2 N–H and O–H groups in total. The number of aryl methyl sites for hydroxylation is 1. The van der Waals surface area contributed by atoms with Crippen LogP contribution in [0.2, 0.25) is 0 Å². The summed E-state index contributed by atoms with van der Waals surface area (Å²) in [7, 11) is 3.00. The highest BCUT2D eigenvalue weighted by atomic mass is 35.5. The Hall–Kier alpha value is -2.21. The normalized spacial score (nSPS) is 28.9. The zero-order valence-corrected chi connectivity index (χ0v) is 20.6. The number of aliphatic hydroxyl groups is 1. The number of hydrogen-bond acceptors (Lipinski definition) is 7. The van der Waals surface area contributed by atoms with Gasteiger partial charge in [0.1, 0.15) is 0 Å². The predicted octanol–water partition coefficient (Wildman–Crippen LogP) is -0.319. The lowest BCUT2D eigenvalue weighted by molar-refractivity contribution is -0.197. The van der Waals surface area contributed by atoms with Gasteiger partial charge in [0.2, 0.25) is 5.91 Å². The molecule has 0 saturated carbocycles. The molecule has 2 aromatic rings. The molecule has 0 radical (unpaired) electrons. The predicted molar refractivity (Wildman–Crippen MR) is 127 cm³/mol. The van der Waals surface area contributed by atoms with Crippen molar-refractivity contribution in [2.45, 2.75) is 62.3 Å². The van der Waals surface area contributed by atoms with Gasteiger partial charge in [-0.2, -0.15) is 0 Å². The number of carbonyl (C=O) groups excluding carboxylic acids is 1. The van der Waals surface area contributed by atoms with Crippen LogP contribution in [-0.2, 0) is 23.6 Å². The number of ether oxygens (including phenoxy) is 1. The second-order valence-electron chi connectivity index (χ2n) is 10.0. The van der Waals surface area contributed by atoms with E-state index >= 15 is 0 Å². The van der Waals surface area contributed by atoms with Crippen LogP contribution in [0.15, 0.2) is 15.9 Å². The van der Waals surface area contributed by atoms with Crippen molar-refractivity contribution in [3.05, 3.63) is 27.2 Å². The van der Waals surface area contributed by atoms with Gasteiger partial charge in [-0.25, -0.2) is 9.78 Å². The second kappa shape index (κ2) is 8.78. The maximum atomic E-state index is 12.9. The van der Waals surface area contributed by atoms with E-state index in [0.29, 0.717) is 32.4 Å². The number of piperidine rings is 1. The largest absolute Gasteiger partial charge is 0.388 e. The van der Waals surface area contributed by atoms with E-state index in [9.17, 15) is 19.5 Å². The SMILES string of the molecule is Cl.Cn1c(=O)c2c(ncn2[C@@H]2COC3(CCN(C(=O)[C@@H]4CCCN4)CC3)C[C@@]2(C)O)n(C)c1=O. The van der Waals surface area contributed by atoms with E-state index in [-0.39, 0.29) is 42.1 Å². The molecule has 5 rings (SSSR count). The van der Waals surface area contributed by atoms with Crippen LogP contribution in [0, 0.1) is 0 Å². The molecule has 3 fully saturated rings. The maximum absolute atomic E-state index is 12.9. The number of aromatic nitrogens is 4. The number of fused-ring (bicyclic) bond motifs is 1. The third-order valence-electron chi connectivity index (χ3n) is 7.80. The molecule has 188 valence electrons. The van der Waals surface area contributed by atoms with Crippen molar-refractivity contribution in [1.29, 1.82) is 0 Å². The van der Waals surface area contributed by atoms with Gasteiger partial charge in [-0.3, -0.25) is 18.7 Å². The van der Waals surface area contributed by atoms with E-state index in [1.165, 1.54) is 17.9 Å². The average molecular weight is 497 g/mol. The maximum Gasteiger partial charge on any atom is 0.332 e. The fourth-order valence-corrected chi connectivity index (χ4v) is 5.81. The van der Waals surface area contributed by atoms with E-state index in [1.807, 2.05) is 4.90 Å². The Morgan fingerprint density at radius 2 is 1.94 bits per heavy atom. The Morgan fingerprint density at radius 1 is 1.24 bits per heavy atom. The molecule has 0 unspecified atom stereocenters. The summed E-state index contributed by atoms with van der Waals surface area (Å²) in [6, 6.07) is -0.604. The van der Waals surface area contributed by atoms with Crippen LogP contribution in [0.4, 0.5) is 0 Å². The number of nitrogens with zero attached hydrogens (tertiary/aromatic N) is 5. The molecule has 5 heterocycles. The summed E-state index contributed by atoms with van der Waals surface area (Å²) >= 11 is 0. The van der Waals surface area contributed by atoms with E-state index in [1.54, 1.807) is 18.5 Å². The summed E-state index contributed by atoms with van der Waals surface area (Å²) < 4.78 is 10.4. The van der Waals surface area contributed by atoms with E-state index in [2.05, 4.69) is 10.3 Å². The van der Waals surface area contributed by atoms with Crippen LogP contribution in [0.1, 0.15) is 45.1 Å². The zero-order chi connectivity index (χ0) is 23.5. The van der Waals surface area contributed by atoms with Crippen molar-refractivity contribution in [1.82, 2.24) is 28.9 Å². The van der Waals surface area contributed by atoms with Crippen LogP contribution in [0.5, 0.6) is 0 Å². The molecule has 0 aromatic carbocycles. The van der Waals surface area contributed by atoms with Crippen molar-refractivity contribution in [2.75, 3.05) is 26.2 Å². The molecule has 3 aliphatic rings.